The lowest BCUT2D eigenvalue weighted by molar-refractivity contribution is -0.148. The van der Waals surface area contributed by atoms with E-state index in [4.69, 9.17) is 16.1 Å². The third-order valence-corrected chi connectivity index (χ3v) is 4.22. The van der Waals surface area contributed by atoms with Crippen LogP contribution in [0.1, 0.15) is 29.8 Å². The SMILES string of the molecule is O=C(NC1(C(=O)O)CCC1)c1cc(-c2cccc(Cl)c2F)no1. The molecule has 23 heavy (non-hydrogen) atoms. The van der Waals surface area contributed by atoms with E-state index in [-0.39, 0.29) is 22.0 Å². The molecule has 1 aromatic heterocycles. The highest BCUT2D eigenvalue weighted by Crippen LogP contribution is 2.33. The number of carboxylic acids is 1. The van der Waals surface area contributed by atoms with Crippen molar-refractivity contribution in [3.63, 3.8) is 0 Å². The maximum Gasteiger partial charge on any atom is 0.329 e. The predicted octanol–water partition coefficient (Wildman–Crippen LogP) is 2.87. The number of carboxylic acid groups (broad SMARTS) is 1. The maximum absolute atomic E-state index is 13.9. The molecular formula is C15H12ClFN2O4. The van der Waals surface area contributed by atoms with Crippen molar-refractivity contribution >= 4 is 23.5 Å². The third-order valence-electron chi connectivity index (χ3n) is 3.93. The minimum Gasteiger partial charge on any atom is -0.480 e. The van der Waals surface area contributed by atoms with Gasteiger partial charge in [-0.25, -0.2) is 9.18 Å². The molecule has 0 radical (unpaired) electrons. The summed E-state index contributed by atoms with van der Waals surface area (Å²) in [4.78, 5) is 23.4. The fourth-order valence-corrected chi connectivity index (χ4v) is 2.59. The number of hydrogen-bond acceptors (Lipinski definition) is 4. The first-order valence-electron chi connectivity index (χ1n) is 6.90. The number of benzene rings is 1. The minimum atomic E-state index is -1.26. The summed E-state index contributed by atoms with van der Waals surface area (Å²) in [6.07, 6.45) is 1.44. The molecule has 0 bridgehead atoms. The Morgan fingerprint density at radius 2 is 2.13 bits per heavy atom. The average molecular weight is 339 g/mol. The lowest BCUT2D eigenvalue weighted by Crippen LogP contribution is -2.59. The number of nitrogens with zero attached hydrogens (tertiary/aromatic N) is 1. The highest BCUT2D eigenvalue weighted by molar-refractivity contribution is 6.31. The second kappa shape index (κ2) is 5.66. The molecule has 2 N–H and O–H groups in total. The van der Waals surface area contributed by atoms with E-state index in [1.807, 2.05) is 0 Å². The van der Waals surface area contributed by atoms with E-state index in [1.165, 1.54) is 18.2 Å². The molecule has 2 aromatic rings. The Kier molecular flexibility index (Phi) is 3.81. The molecule has 0 atom stereocenters. The second-order valence-corrected chi connectivity index (χ2v) is 5.78. The molecule has 1 aliphatic carbocycles. The number of aromatic nitrogens is 1. The van der Waals surface area contributed by atoms with E-state index in [1.54, 1.807) is 6.07 Å². The molecule has 1 fully saturated rings. The molecular weight excluding hydrogens is 327 g/mol. The van der Waals surface area contributed by atoms with Crippen LogP contribution in [0.3, 0.4) is 0 Å². The molecule has 3 rings (SSSR count). The molecule has 1 saturated carbocycles. The minimum absolute atomic E-state index is 0.0733. The van der Waals surface area contributed by atoms with Gasteiger partial charge in [-0.05, 0) is 31.4 Å². The molecule has 1 aromatic carbocycles. The van der Waals surface area contributed by atoms with Crippen LogP contribution in [0.5, 0.6) is 0 Å². The quantitative estimate of drug-likeness (QED) is 0.894. The predicted molar refractivity (Wildman–Crippen MR) is 78.6 cm³/mol. The van der Waals surface area contributed by atoms with Crippen molar-refractivity contribution in [2.45, 2.75) is 24.8 Å². The first-order valence-corrected chi connectivity index (χ1v) is 7.28. The molecule has 0 saturated heterocycles. The van der Waals surface area contributed by atoms with Gasteiger partial charge in [-0.3, -0.25) is 4.79 Å². The Bertz CT molecular complexity index is 786. The summed E-state index contributed by atoms with van der Waals surface area (Å²) in [5.74, 6) is -2.65. The smallest absolute Gasteiger partial charge is 0.329 e. The maximum atomic E-state index is 13.9. The summed E-state index contributed by atoms with van der Waals surface area (Å²) >= 11 is 5.70. The van der Waals surface area contributed by atoms with Gasteiger partial charge in [-0.15, -0.1) is 0 Å². The summed E-state index contributed by atoms with van der Waals surface area (Å²) in [6, 6.07) is 5.63. The third kappa shape index (κ3) is 2.68. The number of nitrogens with one attached hydrogen (secondary N) is 1. The molecule has 1 aliphatic rings. The zero-order valence-electron chi connectivity index (χ0n) is 11.8. The molecule has 1 amide bonds. The highest BCUT2D eigenvalue weighted by Gasteiger charge is 2.46. The van der Waals surface area contributed by atoms with Crippen LogP contribution in [-0.4, -0.2) is 27.7 Å². The summed E-state index contributed by atoms with van der Waals surface area (Å²) in [5.41, 5.74) is -1.06. The van der Waals surface area contributed by atoms with Crippen LogP contribution in [0.15, 0.2) is 28.8 Å². The van der Waals surface area contributed by atoms with Crippen LogP contribution in [0.2, 0.25) is 5.02 Å². The molecule has 0 aliphatic heterocycles. The summed E-state index contributed by atoms with van der Waals surface area (Å²) in [6.45, 7) is 0. The Morgan fingerprint density at radius 3 is 2.74 bits per heavy atom. The van der Waals surface area contributed by atoms with Gasteiger partial charge in [0, 0.05) is 11.6 Å². The van der Waals surface area contributed by atoms with Gasteiger partial charge >= 0.3 is 5.97 Å². The number of carbonyl (C=O) groups excluding carboxylic acids is 1. The molecule has 1 heterocycles. The van der Waals surface area contributed by atoms with Gasteiger partial charge in [0.1, 0.15) is 11.2 Å². The highest BCUT2D eigenvalue weighted by atomic mass is 35.5. The number of aliphatic carboxylic acids is 1. The van der Waals surface area contributed by atoms with Gasteiger partial charge < -0.3 is 14.9 Å². The van der Waals surface area contributed by atoms with E-state index in [0.29, 0.717) is 12.8 Å². The van der Waals surface area contributed by atoms with Gasteiger partial charge in [0.2, 0.25) is 5.76 Å². The summed E-state index contributed by atoms with van der Waals surface area (Å²) in [7, 11) is 0. The second-order valence-electron chi connectivity index (χ2n) is 5.37. The van der Waals surface area contributed by atoms with Crippen molar-refractivity contribution < 1.29 is 23.6 Å². The van der Waals surface area contributed by atoms with Crippen LogP contribution in [0.25, 0.3) is 11.3 Å². The topological polar surface area (TPSA) is 92.4 Å². The average Bonchev–Trinajstić information content (AvgIpc) is 2.95. The van der Waals surface area contributed by atoms with Crippen molar-refractivity contribution in [2.75, 3.05) is 0 Å². The van der Waals surface area contributed by atoms with E-state index >= 15 is 0 Å². The van der Waals surface area contributed by atoms with Crippen molar-refractivity contribution in [3.05, 3.63) is 40.9 Å². The van der Waals surface area contributed by atoms with Crippen molar-refractivity contribution in [3.8, 4) is 11.3 Å². The van der Waals surface area contributed by atoms with Crippen molar-refractivity contribution in [1.82, 2.24) is 10.5 Å². The van der Waals surface area contributed by atoms with Crippen LogP contribution in [-0.2, 0) is 4.79 Å². The zero-order valence-corrected chi connectivity index (χ0v) is 12.6. The van der Waals surface area contributed by atoms with Crippen LogP contribution in [0.4, 0.5) is 4.39 Å². The monoisotopic (exact) mass is 338 g/mol. The van der Waals surface area contributed by atoms with E-state index in [9.17, 15) is 19.1 Å². The summed E-state index contributed by atoms with van der Waals surface area (Å²) < 4.78 is 18.9. The van der Waals surface area contributed by atoms with Crippen LogP contribution in [0, 0.1) is 5.82 Å². The van der Waals surface area contributed by atoms with Gasteiger partial charge in [-0.2, -0.15) is 0 Å². The fourth-order valence-electron chi connectivity index (χ4n) is 2.41. The first kappa shape index (κ1) is 15.5. The fraction of sp³-hybridized carbons (Fsp3) is 0.267. The molecule has 120 valence electrons. The van der Waals surface area contributed by atoms with E-state index < -0.39 is 23.2 Å². The molecule has 6 nitrogen and oxygen atoms in total. The Labute approximate surface area is 135 Å². The van der Waals surface area contributed by atoms with Crippen LogP contribution >= 0.6 is 11.6 Å². The molecule has 0 spiro atoms. The molecule has 8 heteroatoms. The number of hydrogen-bond donors (Lipinski definition) is 2. The first-order chi connectivity index (χ1) is 10.9. The van der Waals surface area contributed by atoms with Gasteiger partial charge in [0.15, 0.2) is 5.82 Å². The van der Waals surface area contributed by atoms with Gasteiger partial charge in [0.05, 0.1) is 5.02 Å². The number of carbonyl (C=O) groups is 2. The van der Waals surface area contributed by atoms with E-state index in [0.717, 1.165) is 6.42 Å². The number of amides is 1. The van der Waals surface area contributed by atoms with Crippen molar-refractivity contribution in [1.29, 1.82) is 0 Å². The van der Waals surface area contributed by atoms with Crippen molar-refractivity contribution in [2.24, 2.45) is 0 Å². The van der Waals surface area contributed by atoms with Gasteiger partial charge in [-0.1, -0.05) is 22.8 Å². The Morgan fingerprint density at radius 1 is 1.39 bits per heavy atom. The zero-order chi connectivity index (χ0) is 16.6. The number of halogens is 2. The Balaban J connectivity index is 1.83. The van der Waals surface area contributed by atoms with E-state index in [2.05, 4.69) is 10.5 Å². The largest absolute Gasteiger partial charge is 0.480 e. The van der Waals surface area contributed by atoms with Gasteiger partial charge in [0.25, 0.3) is 5.91 Å². The lowest BCUT2D eigenvalue weighted by Gasteiger charge is -2.37. The standard InChI is InChI=1S/C15H12ClFN2O4/c16-9-4-1-3-8(12(9)17)10-7-11(23-19-10)13(20)18-15(14(21)22)5-2-6-15/h1,3-4,7H,2,5-6H2,(H,18,20)(H,21,22). The lowest BCUT2D eigenvalue weighted by atomic mass is 9.76. The molecule has 0 unspecified atom stereocenters. The number of rotatable bonds is 4. The normalized spacial score (nSPS) is 15.7. The van der Waals surface area contributed by atoms with Crippen LogP contribution < -0.4 is 5.32 Å². The summed E-state index contributed by atoms with van der Waals surface area (Å²) in [5, 5.41) is 15.2. The Hall–Kier alpha value is -2.41.